The average Bonchev–Trinajstić information content (AvgIpc) is 2.39. The molecule has 2 N–H and O–H groups in total. The molecule has 0 aromatic heterocycles. The molecule has 1 amide bonds. The van der Waals surface area contributed by atoms with E-state index in [1.807, 2.05) is 0 Å². The first-order valence-corrected chi connectivity index (χ1v) is 8.57. The Morgan fingerprint density at radius 1 is 1.32 bits per heavy atom. The minimum atomic E-state index is -3.58. The molecule has 0 spiro atoms. The molecule has 0 saturated carbocycles. The second-order valence-corrected chi connectivity index (χ2v) is 7.59. The molecule has 8 heteroatoms. The first kappa shape index (κ1) is 14.6. The second-order valence-electron chi connectivity index (χ2n) is 4.02. The number of hydrogen-bond donors (Lipinski definition) is 1. The van der Waals surface area contributed by atoms with Crippen molar-refractivity contribution >= 4 is 39.3 Å². The van der Waals surface area contributed by atoms with E-state index in [4.69, 9.17) is 17.3 Å². The lowest BCUT2D eigenvalue weighted by Gasteiger charge is -2.25. The zero-order valence-corrected chi connectivity index (χ0v) is 12.4. The summed E-state index contributed by atoms with van der Waals surface area (Å²) in [5, 5.41) is 0.153. The van der Waals surface area contributed by atoms with Crippen LogP contribution >= 0.6 is 23.4 Å². The van der Waals surface area contributed by atoms with Gasteiger partial charge >= 0.3 is 0 Å². The quantitative estimate of drug-likeness (QED) is 0.906. The van der Waals surface area contributed by atoms with Gasteiger partial charge in [0, 0.05) is 24.6 Å². The third-order valence-electron chi connectivity index (χ3n) is 2.81. The minimum Gasteiger partial charge on any atom is -0.366 e. The summed E-state index contributed by atoms with van der Waals surface area (Å²) in [5.41, 5.74) is 5.19. The molecule has 104 valence electrons. The number of thioether (sulfide) groups is 1. The Kier molecular flexibility index (Phi) is 4.39. The molecule has 1 aliphatic heterocycles. The van der Waals surface area contributed by atoms with Crippen LogP contribution in [-0.2, 0) is 10.0 Å². The SMILES string of the molecule is NC(=O)c1cc(S(=O)(=O)N2CCSCC2)ccc1Cl. The highest BCUT2D eigenvalue weighted by Gasteiger charge is 2.27. The molecule has 1 aromatic rings. The van der Waals surface area contributed by atoms with Crippen LogP contribution < -0.4 is 5.73 Å². The first-order valence-electron chi connectivity index (χ1n) is 5.60. The second kappa shape index (κ2) is 5.70. The Balaban J connectivity index is 2.40. The summed E-state index contributed by atoms with van der Waals surface area (Å²) in [6.07, 6.45) is 0. The number of benzene rings is 1. The molecule has 5 nitrogen and oxygen atoms in total. The van der Waals surface area contributed by atoms with E-state index in [2.05, 4.69) is 0 Å². The maximum Gasteiger partial charge on any atom is 0.250 e. The predicted molar refractivity (Wildman–Crippen MR) is 76.1 cm³/mol. The van der Waals surface area contributed by atoms with Crippen molar-refractivity contribution in [3.8, 4) is 0 Å². The van der Waals surface area contributed by atoms with Crippen LogP contribution in [0.15, 0.2) is 23.1 Å². The molecule has 0 atom stereocenters. The van der Waals surface area contributed by atoms with Crippen molar-refractivity contribution < 1.29 is 13.2 Å². The number of carbonyl (C=O) groups excluding carboxylic acids is 1. The molecule has 1 heterocycles. The van der Waals surface area contributed by atoms with Crippen LogP contribution in [-0.4, -0.2) is 43.2 Å². The molecule has 0 bridgehead atoms. The number of nitrogens with two attached hydrogens (primary N) is 1. The number of amides is 1. The van der Waals surface area contributed by atoms with Crippen molar-refractivity contribution in [2.45, 2.75) is 4.90 Å². The van der Waals surface area contributed by atoms with Crippen molar-refractivity contribution in [2.24, 2.45) is 5.73 Å². The van der Waals surface area contributed by atoms with E-state index in [-0.39, 0.29) is 15.5 Å². The third kappa shape index (κ3) is 3.05. The monoisotopic (exact) mass is 320 g/mol. The van der Waals surface area contributed by atoms with Crippen molar-refractivity contribution in [1.29, 1.82) is 0 Å². The van der Waals surface area contributed by atoms with Gasteiger partial charge in [0.25, 0.3) is 0 Å². The highest BCUT2D eigenvalue weighted by molar-refractivity contribution is 7.99. The maximum absolute atomic E-state index is 12.4. The lowest BCUT2D eigenvalue weighted by molar-refractivity contribution is 0.1000. The van der Waals surface area contributed by atoms with Gasteiger partial charge < -0.3 is 5.73 Å². The summed E-state index contributed by atoms with van der Waals surface area (Å²) in [6, 6.07) is 4.01. The van der Waals surface area contributed by atoms with Gasteiger partial charge in [0.2, 0.25) is 15.9 Å². The first-order chi connectivity index (χ1) is 8.93. The summed E-state index contributed by atoms with van der Waals surface area (Å²) >= 11 is 7.53. The van der Waals surface area contributed by atoms with E-state index >= 15 is 0 Å². The van der Waals surface area contributed by atoms with Crippen molar-refractivity contribution in [1.82, 2.24) is 4.31 Å². The van der Waals surface area contributed by atoms with Gasteiger partial charge in [0.05, 0.1) is 15.5 Å². The number of rotatable bonds is 3. The molecule has 0 aliphatic carbocycles. The van der Waals surface area contributed by atoms with E-state index < -0.39 is 15.9 Å². The van der Waals surface area contributed by atoms with Gasteiger partial charge in [-0.05, 0) is 18.2 Å². The largest absolute Gasteiger partial charge is 0.366 e. The lowest BCUT2D eigenvalue weighted by atomic mass is 10.2. The molecular formula is C11H13ClN2O3S2. The highest BCUT2D eigenvalue weighted by Crippen LogP contribution is 2.24. The van der Waals surface area contributed by atoms with Gasteiger partial charge in [-0.3, -0.25) is 4.79 Å². The number of nitrogens with zero attached hydrogens (tertiary/aromatic N) is 1. The Morgan fingerprint density at radius 3 is 2.53 bits per heavy atom. The van der Waals surface area contributed by atoms with Crippen LogP contribution in [0.25, 0.3) is 0 Å². The molecule has 2 rings (SSSR count). The van der Waals surface area contributed by atoms with E-state index in [0.717, 1.165) is 11.5 Å². The van der Waals surface area contributed by atoms with Crippen LogP contribution in [0.4, 0.5) is 0 Å². The minimum absolute atomic E-state index is 0.0223. The molecule has 1 fully saturated rings. The topological polar surface area (TPSA) is 80.5 Å². The zero-order chi connectivity index (χ0) is 14.0. The highest BCUT2D eigenvalue weighted by atomic mass is 35.5. The zero-order valence-electron chi connectivity index (χ0n) is 10.0. The fraction of sp³-hybridized carbons (Fsp3) is 0.364. The maximum atomic E-state index is 12.4. The van der Waals surface area contributed by atoms with Crippen LogP contribution in [0, 0.1) is 0 Å². The Bertz CT molecular complexity index is 598. The van der Waals surface area contributed by atoms with Crippen LogP contribution in [0.1, 0.15) is 10.4 Å². The molecule has 0 unspecified atom stereocenters. The molecule has 0 radical (unpaired) electrons. The average molecular weight is 321 g/mol. The Labute approximate surface area is 121 Å². The summed E-state index contributed by atoms with van der Waals surface area (Å²) in [5.74, 6) is 0.807. The van der Waals surface area contributed by atoms with Crippen molar-refractivity contribution in [3.63, 3.8) is 0 Å². The third-order valence-corrected chi connectivity index (χ3v) is 5.98. The summed E-state index contributed by atoms with van der Waals surface area (Å²) < 4.78 is 26.2. The summed E-state index contributed by atoms with van der Waals surface area (Å²) in [6.45, 7) is 0.947. The van der Waals surface area contributed by atoms with E-state index in [1.54, 1.807) is 11.8 Å². The van der Waals surface area contributed by atoms with Crippen LogP contribution in [0.2, 0.25) is 5.02 Å². The van der Waals surface area contributed by atoms with Crippen molar-refractivity contribution in [2.75, 3.05) is 24.6 Å². The smallest absolute Gasteiger partial charge is 0.250 e. The van der Waals surface area contributed by atoms with E-state index in [1.165, 1.54) is 22.5 Å². The fourth-order valence-corrected chi connectivity index (χ4v) is 4.60. The van der Waals surface area contributed by atoms with E-state index in [0.29, 0.717) is 13.1 Å². The lowest BCUT2D eigenvalue weighted by Crippen LogP contribution is -2.37. The Morgan fingerprint density at radius 2 is 1.95 bits per heavy atom. The number of carbonyl (C=O) groups is 1. The van der Waals surface area contributed by atoms with Crippen LogP contribution in [0.3, 0.4) is 0 Å². The van der Waals surface area contributed by atoms with Gasteiger partial charge in [-0.1, -0.05) is 11.6 Å². The van der Waals surface area contributed by atoms with Gasteiger partial charge in [-0.15, -0.1) is 0 Å². The van der Waals surface area contributed by atoms with Crippen LogP contribution in [0.5, 0.6) is 0 Å². The number of hydrogen-bond acceptors (Lipinski definition) is 4. The molecule has 1 aromatic carbocycles. The van der Waals surface area contributed by atoms with Crippen molar-refractivity contribution in [3.05, 3.63) is 28.8 Å². The normalized spacial score (nSPS) is 17.3. The fourth-order valence-electron chi connectivity index (χ4n) is 1.79. The molecule has 1 aliphatic rings. The van der Waals surface area contributed by atoms with Gasteiger partial charge in [-0.2, -0.15) is 16.1 Å². The number of sulfonamides is 1. The number of primary amides is 1. The van der Waals surface area contributed by atoms with E-state index in [9.17, 15) is 13.2 Å². The van der Waals surface area contributed by atoms with Gasteiger partial charge in [0.15, 0.2) is 0 Å². The predicted octanol–water partition coefficient (Wildman–Crippen LogP) is 1.18. The Hall–Kier alpha value is -0.760. The molecular weight excluding hydrogens is 308 g/mol. The molecule has 19 heavy (non-hydrogen) atoms. The van der Waals surface area contributed by atoms with Gasteiger partial charge in [-0.25, -0.2) is 8.42 Å². The summed E-state index contributed by atoms with van der Waals surface area (Å²) in [7, 11) is -3.58. The standard InChI is InChI=1S/C11H13ClN2O3S2/c12-10-2-1-8(7-9(10)11(13)15)19(16,17)14-3-5-18-6-4-14/h1-2,7H,3-6H2,(H2,13,15). The molecule has 1 saturated heterocycles. The summed E-state index contributed by atoms with van der Waals surface area (Å²) in [4.78, 5) is 11.3. The number of halogens is 1. The van der Waals surface area contributed by atoms with Gasteiger partial charge in [0.1, 0.15) is 0 Å².